The van der Waals surface area contributed by atoms with Gasteiger partial charge in [-0.05, 0) is 57.4 Å². The van der Waals surface area contributed by atoms with E-state index in [-0.39, 0.29) is 24.0 Å². The maximum absolute atomic E-state index is 11.5. The lowest BCUT2D eigenvalue weighted by atomic mass is 9.91. The van der Waals surface area contributed by atoms with E-state index in [9.17, 15) is 4.79 Å². The molecule has 2 atom stereocenters. The zero-order chi connectivity index (χ0) is 22.8. The lowest BCUT2D eigenvalue weighted by molar-refractivity contribution is -0.114. The summed E-state index contributed by atoms with van der Waals surface area (Å²) in [6, 6.07) is 6.25. The normalized spacial score (nSPS) is 18.7. The summed E-state index contributed by atoms with van der Waals surface area (Å²) < 4.78 is 2.03. The van der Waals surface area contributed by atoms with Crippen molar-refractivity contribution >= 4 is 40.2 Å². The van der Waals surface area contributed by atoms with Gasteiger partial charge >= 0.3 is 0 Å². The molecule has 9 nitrogen and oxygen atoms in total. The highest BCUT2D eigenvalue weighted by atomic mass is 16.1. The Labute approximate surface area is 188 Å². The van der Waals surface area contributed by atoms with E-state index in [0.29, 0.717) is 17.3 Å². The number of benzene rings is 1. The van der Waals surface area contributed by atoms with E-state index in [1.165, 1.54) is 6.92 Å². The monoisotopic (exact) mass is 436 g/mol. The van der Waals surface area contributed by atoms with Crippen LogP contribution in [-0.4, -0.2) is 37.5 Å². The number of carbonyl (C=O) groups excluding carboxylic acids is 1. The van der Waals surface area contributed by atoms with Gasteiger partial charge in [-0.15, -0.1) is 0 Å². The van der Waals surface area contributed by atoms with Crippen LogP contribution < -0.4 is 21.7 Å². The van der Waals surface area contributed by atoms with Crippen LogP contribution in [0.15, 0.2) is 24.5 Å². The van der Waals surface area contributed by atoms with Crippen LogP contribution in [0.5, 0.6) is 0 Å². The second kappa shape index (κ2) is 9.12. The van der Waals surface area contributed by atoms with Gasteiger partial charge in [0.2, 0.25) is 11.9 Å². The zero-order valence-corrected chi connectivity index (χ0v) is 19.1. The van der Waals surface area contributed by atoms with Crippen LogP contribution in [0.4, 0.5) is 23.1 Å². The molecule has 1 amide bonds. The van der Waals surface area contributed by atoms with Crippen molar-refractivity contribution in [2.75, 3.05) is 16.0 Å². The van der Waals surface area contributed by atoms with Gasteiger partial charge in [0.05, 0.1) is 6.33 Å². The van der Waals surface area contributed by atoms with Gasteiger partial charge in [-0.3, -0.25) is 4.79 Å². The molecule has 3 aromatic rings. The highest BCUT2D eigenvalue weighted by Crippen LogP contribution is 2.29. The number of amides is 1. The van der Waals surface area contributed by atoms with Crippen molar-refractivity contribution in [3.05, 3.63) is 30.1 Å². The van der Waals surface area contributed by atoms with Gasteiger partial charge in [0.25, 0.3) is 0 Å². The molecule has 170 valence electrons. The predicted octanol–water partition coefficient (Wildman–Crippen LogP) is 4.10. The molecule has 5 N–H and O–H groups in total. The molecule has 9 heteroatoms. The molecule has 2 aromatic heterocycles. The summed E-state index contributed by atoms with van der Waals surface area (Å²) in [6.45, 7) is 7.67. The summed E-state index contributed by atoms with van der Waals surface area (Å²) in [5.74, 6) is 1.04. The van der Waals surface area contributed by atoms with Gasteiger partial charge in [-0.1, -0.05) is 12.8 Å². The number of carbonyl (C=O) groups is 1. The number of aromatic nitrogens is 4. The van der Waals surface area contributed by atoms with E-state index in [0.717, 1.165) is 48.3 Å². The average molecular weight is 437 g/mol. The molecule has 4 rings (SSSR count). The number of hydrogen-bond acceptors (Lipinski definition) is 7. The Morgan fingerprint density at radius 3 is 2.62 bits per heavy atom. The van der Waals surface area contributed by atoms with E-state index >= 15 is 0 Å². The minimum atomic E-state index is -0.114. The number of imidazole rings is 1. The van der Waals surface area contributed by atoms with Crippen LogP contribution in [0.2, 0.25) is 0 Å². The molecule has 0 bridgehead atoms. The number of fused-ring (bicyclic) bond motifs is 1. The summed E-state index contributed by atoms with van der Waals surface area (Å²) in [5, 5.41) is 9.70. The van der Waals surface area contributed by atoms with Crippen LogP contribution in [0.3, 0.4) is 0 Å². The molecule has 1 saturated carbocycles. The van der Waals surface area contributed by atoms with Crippen LogP contribution in [0, 0.1) is 6.92 Å². The molecular weight excluding hydrogens is 404 g/mol. The molecule has 1 aliphatic carbocycles. The minimum absolute atomic E-state index is 0.0893. The highest BCUT2D eigenvalue weighted by Gasteiger charge is 2.24. The number of nitrogens with zero attached hydrogens (tertiary/aromatic N) is 4. The van der Waals surface area contributed by atoms with Crippen LogP contribution in [0.25, 0.3) is 11.2 Å². The third kappa shape index (κ3) is 4.83. The summed E-state index contributed by atoms with van der Waals surface area (Å²) in [6.07, 6.45) is 6.12. The third-order valence-electron chi connectivity index (χ3n) is 5.77. The van der Waals surface area contributed by atoms with E-state index in [1.54, 1.807) is 6.33 Å². The fraction of sp³-hybridized carbons (Fsp3) is 0.478. The number of aryl methyl sites for hydroxylation is 1. The summed E-state index contributed by atoms with van der Waals surface area (Å²) >= 11 is 0. The second-order valence-corrected chi connectivity index (χ2v) is 8.91. The number of anilines is 4. The number of nitrogens with one attached hydrogen (secondary N) is 3. The Kier molecular flexibility index (Phi) is 6.27. The topological polar surface area (TPSA) is 123 Å². The van der Waals surface area contributed by atoms with Crippen molar-refractivity contribution in [2.24, 2.45) is 5.73 Å². The number of hydrogen-bond donors (Lipinski definition) is 4. The molecule has 0 saturated heterocycles. The summed E-state index contributed by atoms with van der Waals surface area (Å²) in [5.41, 5.74) is 10.4. The van der Waals surface area contributed by atoms with Crippen molar-refractivity contribution in [2.45, 2.75) is 71.5 Å². The Morgan fingerprint density at radius 2 is 1.91 bits per heavy atom. The van der Waals surface area contributed by atoms with Gasteiger partial charge in [0, 0.05) is 36.4 Å². The zero-order valence-electron chi connectivity index (χ0n) is 19.1. The fourth-order valence-corrected chi connectivity index (χ4v) is 4.22. The molecule has 1 aromatic carbocycles. The van der Waals surface area contributed by atoms with E-state index < -0.39 is 0 Å². The first-order chi connectivity index (χ1) is 15.3. The van der Waals surface area contributed by atoms with Crippen molar-refractivity contribution in [3.63, 3.8) is 0 Å². The van der Waals surface area contributed by atoms with Crippen molar-refractivity contribution in [1.29, 1.82) is 0 Å². The lowest BCUT2D eigenvalue weighted by Crippen LogP contribution is -2.43. The van der Waals surface area contributed by atoms with Gasteiger partial charge in [0.15, 0.2) is 17.0 Å². The molecule has 32 heavy (non-hydrogen) atoms. The van der Waals surface area contributed by atoms with Crippen molar-refractivity contribution in [1.82, 2.24) is 19.5 Å². The standard InChI is InChI=1S/C23H32N8O/c1-13(2)31-12-25-20-21(27-17-10-14(3)9-16(11-17)26-15(4)32)29-23(30-22(20)31)28-19-8-6-5-7-18(19)24/h9-13,18-19H,5-8,24H2,1-4H3,(H,26,32)(H2,27,28,29,30)/t18-,19-/m0/s1. The Hall–Kier alpha value is -3.20. The Balaban J connectivity index is 1.73. The molecule has 1 fully saturated rings. The highest BCUT2D eigenvalue weighted by molar-refractivity contribution is 5.90. The number of rotatable bonds is 6. The van der Waals surface area contributed by atoms with Gasteiger partial charge in [0.1, 0.15) is 0 Å². The largest absolute Gasteiger partial charge is 0.350 e. The van der Waals surface area contributed by atoms with Crippen molar-refractivity contribution in [3.8, 4) is 0 Å². The smallest absolute Gasteiger partial charge is 0.227 e. The summed E-state index contributed by atoms with van der Waals surface area (Å²) in [4.78, 5) is 25.7. The van der Waals surface area contributed by atoms with Gasteiger partial charge in [-0.2, -0.15) is 9.97 Å². The Morgan fingerprint density at radius 1 is 1.16 bits per heavy atom. The number of nitrogens with two attached hydrogens (primary N) is 1. The fourth-order valence-electron chi connectivity index (χ4n) is 4.22. The maximum Gasteiger partial charge on any atom is 0.227 e. The van der Waals surface area contributed by atoms with Gasteiger partial charge < -0.3 is 26.3 Å². The van der Waals surface area contributed by atoms with E-state index in [4.69, 9.17) is 15.7 Å². The Bertz CT molecular complexity index is 1120. The van der Waals surface area contributed by atoms with Crippen LogP contribution in [0.1, 0.15) is 58.1 Å². The second-order valence-electron chi connectivity index (χ2n) is 8.91. The minimum Gasteiger partial charge on any atom is -0.350 e. The molecule has 0 unspecified atom stereocenters. The SMILES string of the molecule is CC(=O)Nc1cc(C)cc(Nc2nc(N[C@H]3CCCC[C@@H]3N)nc3c2ncn3C(C)C)c1. The predicted molar refractivity (Wildman–Crippen MR) is 128 cm³/mol. The third-order valence-corrected chi connectivity index (χ3v) is 5.77. The first-order valence-electron chi connectivity index (χ1n) is 11.2. The quantitative estimate of drug-likeness (QED) is 0.459. The first kappa shape index (κ1) is 22.0. The molecule has 0 spiro atoms. The average Bonchev–Trinajstić information content (AvgIpc) is 3.13. The first-order valence-corrected chi connectivity index (χ1v) is 11.2. The van der Waals surface area contributed by atoms with Crippen LogP contribution in [-0.2, 0) is 4.79 Å². The molecule has 0 radical (unpaired) electrons. The molecule has 1 aliphatic rings. The van der Waals surface area contributed by atoms with Gasteiger partial charge in [-0.25, -0.2) is 4.98 Å². The molecule has 0 aliphatic heterocycles. The molecule has 2 heterocycles. The van der Waals surface area contributed by atoms with E-state index in [2.05, 4.69) is 34.8 Å². The summed E-state index contributed by atoms with van der Waals surface area (Å²) in [7, 11) is 0. The molecular formula is C23H32N8O. The lowest BCUT2D eigenvalue weighted by Gasteiger charge is -2.29. The van der Waals surface area contributed by atoms with Crippen LogP contribution >= 0.6 is 0 Å². The van der Waals surface area contributed by atoms with Crippen molar-refractivity contribution < 1.29 is 4.79 Å². The maximum atomic E-state index is 11.5. The van der Waals surface area contributed by atoms with E-state index in [1.807, 2.05) is 29.7 Å².